The van der Waals surface area contributed by atoms with E-state index in [0.717, 1.165) is 19.3 Å². The second-order valence-electron chi connectivity index (χ2n) is 8.85. The van der Waals surface area contributed by atoms with Crippen molar-refractivity contribution in [3.63, 3.8) is 0 Å². The molecule has 0 aliphatic heterocycles. The Balaban J connectivity index is 2.46. The summed E-state index contributed by atoms with van der Waals surface area (Å²) in [6, 6.07) is 0.0291. The average molecular weight is 376 g/mol. The van der Waals surface area contributed by atoms with Gasteiger partial charge in [0.25, 0.3) is 11.8 Å². The van der Waals surface area contributed by atoms with Gasteiger partial charge in [-0.05, 0) is 59.8 Å². The van der Waals surface area contributed by atoms with Crippen LogP contribution in [0.3, 0.4) is 0 Å². The normalized spacial score (nSPS) is 14.3. The summed E-state index contributed by atoms with van der Waals surface area (Å²) in [4.78, 5) is 40.6. The molecular formula is C21H33N3O3. The third-order valence-electron chi connectivity index (χ3n) is 4.56. The van der Waals surface area contributed by atoms with E-state index in [1.54, 1.807) is 21.9 Å². The molecule has 27 heavy (non-hydrogen) atoms. The van der Waals surface area contributed by atoms with E-state index >= 15 is 0 Å². The van der Waals surface area contributed by atoms with Crippen molar-refractivity contribution in [3.05, 3.63) is 33.7 Å². The van der Waals surface area contributed by atoms with E-state index in [-0.39, 0.29) is 23.1 Å². The van der Waals surface area contributed by atoms with Gasteiger partial charge in [-0.1, -0.05) is 6.92 Å². The van der Waals surface area contributed by atoms with Crippen LogP contribution in [0, 0.1) is 5.92 Å². The molecule has 1 saturated carbocycles. The number of hydrogen-bond donors (Lipinski definition) is 1. The third-order valence-corrected chi connectivity index (χ3v) is 4.56. The van der Waals surface area contributed by atoms with Gasteiger partial charge in [-0.25, -0.2) is 0 Å². The van der Waals surface area contributed by atoms with Gasteiger partial charge >= 0.3 is 0 Å². The molecule has 2 rings (SSSR count). The van der Waals surface area contributed by atoms with Gasteiger partial charge in [-0.15, -0.1) is 0 Å². The van der Waals surface area contributed by atoms with Crippen LogP contribution in [0.15, 0.2) is 17.2 Å². The highest BCUT2D eigenvalue weighted by atomic mass is 16.2. The summed E-state index contributed by atoms with van der Waals surface area (Å²) in [6.45, 7) is 12.8. The maximum atomic E-state index is 13.1. The topological polar surface area (TPSA) is 71.4 Å². The quantitative estimate of drug-likeness (QED) is 0.795. The molecule has 0 spiro atoms. The predicted octanol–water partition coefficient (Wildman–Crippen LogP) is 3.22. The van der Waals surface area contributed by atoms with E-state index < -0.39 is 16.9 Å². The zero-order chi connectivity index (χ0) is 20.4. The van der Waals surface area contributed by atoms with E-state index in [1.165, 1.54) is 0 Å². The number of nitrogens with one attached hydrogen (secondary N) is 1. The van der Waals surface area contributed by atoms with Crippen LogP contribution < -0.4 is 10.7 Å². The van der Waals surface area contributed by atoms with Crippen molar-refractivity contribution in [3.8, 4) is 0 Å². The fourth-order valence-electron chi connectivity index (χ4n) is 2.95. The molecular weight excluding hydrogens is 342 g/mol. The first kappa shape index (κ1) is 21.2. The first-order chi connectivity index (χ1) is 12.5. The molecule has 1 aliphatic rings. The predicted molar refractivity (Wildman–Crippen MR) is 107 cm³/mol. The molecule has 150 valence electrons. The molecule has 1 heterocycles. The smallest absolute Gasteiger partial charge is 0.259 e. The highest BCUT2D eigenvalue weighted by molar-refractivity contribution is 5.99. The molecule has 1 fully saturated rings. The first-order valence-electron chi connectivity index (χ1n) is 9.91. The molecule has 1 N–H and O–H groups in total. The van der Waals surface area contributed by atoms with Crippen LogP contribution in [-0.4, -0.2) is 39.9 Å². The Hall–Kier alpha value is -2.11. The summed E-state index contributed by atoms with van der Waals surface area (Å²) >= 11 is 0. The molecule has 0 saturated heterocycles. The lowest BCUT2D eigenvalue weighted by Crippen LogP contribution is -2.44. The highest BCUT2D eigenvalue weighted by Gasteiger charge is 2.29. The van der Waals surface area contributed by atoms with Gasteiger partial charge in [-0.2, -0.15) is 0 Å². The van der Waals surface area contributed by atoms with Crippen molar-refractivity contribution in [1.82, 2.24) is 14.8 Å². The third kappa shape index (κ3) is 5.68. The SMILES string of the molecule is CCCN(CC1CC1)C(=O)c1cn(C(C)C)cc(C(=O)NC(C)(C)C)c1=O. The minimum atomic E-state index is -0.490. The van der Waals surface area contributed by atoms with E-state index in [4.69, 9.17) is 0 Å². The van der Waals surface area contributed by atoms with Crippen molar-refractivity contribution < 1.29 is 9.59 Å². The van der Waals surface area contributed by atoms with E-state index in [9.17, 15) is 14.4 Å². The van der Waals surface area contributed by atoms with Crippen LogP contribution in [0.2, 0.25) is 0 Å². The number of pyridine rings is 1. The summed E-state index contributed by atoms with van der Waals surface area (Å²) in [5.74, 6) is -0.172. The van der Waals surface area contributed by atoms with Crippen molar-refractivity contribution in [2.24, 2.45) is 5.92 Å². The molecule has 0 atom stereocenters. The number of hydrogen-bond acceptors (Lipinski definition) is 3. The van der Waals surface area contributed by atoms with Crippen LogP contribution in [0.4, 0.5) is 0 Å². The molecule has 0 aromatic carbocycles. The van der Waals surface area contributed by atoms with Crippen LogP contribution in [0.1, 0.15) is 87.6 Å². The molecule has 1 aromatic heterocycles. The Morgan fingerprint density at radius 2 is 1.81 bits per heavy atom. The molecule has 0 unspecified atom stereocenters. The van der Waals surface area contributed by atoms with Gasteiger partial charge in [-0.3, -0.25) is 14.4 Å². The zero-order valence-corrected chi connectivity index (χ0v) is 17.5. The van der Waals surface area contributed by atoms with Gasteiger partial charge in [0.2, 0.25) is 5.43 Å². The summed E-state index contributed by atoms with van der Waals surface area (Å²) in [6.07, 6.45) is 6.26. The van der Waals surface area contributed by atoms with E-state index in [1.807, 2.05) is 41.5 Å². The van der Waals surface area contributed by atoms with Crippen molar-refractivity contribution >= 4 is 11.8 Å². The Kier molecular flexibility index (Phi) is 6.50. The Bertz CT molecular complexity index is 755. The molecule has 0 bridgehead atoms. The fourth-order valence-corrected chi connectivity index (χ4v) is 2.95. The Morgan fingerprint density at radius 1 is 1.22 bits per heavy atom. The number of carbonyl (C=O) groups is 2. The molecule has 1 aliphatic carbocycles. The zero-order valence-electron chi connectivity index (χ0n) is 17.5. The summed E-state index contributed by atoms with van der Waals surface area (Å²) < 4.78 is 1.77. The summed E-state index contributed by atoms with van der Waals surface area (Å²) in [5.41, 5.74) is -0.853. The second kappa shape index (κ2) is 8.28. The van der Waals surface area contributed by atoms with Gasteiger partial charge in [0.1, 0.15) is 11.1 Å². The number of nitrogens with zero attached hydrogens (tertiary/aromatic N) is 2. The lowest BCUT2D eigenvalue weighted by Gasteiger charge is -2.24. The van der Waals surface area contributed by atoms with Gasteiger partial charge in [0, 0.05) is 37.1 Å². The van der Waals surface area contributed by atoms with Crippen molar-refractivity contribution in [1.29, 1.82) is 0 Å². The molecule has 2 amide bonds. The van der Waals surface area contributed by atoms with Gasteiger partial charge in [0.05, 0.1) is 0 Å². The minimum absolute atomic E-state index is 0.0207. The molecule has 1 aromatic rings. The lowest BCUT2D eigenvalue weighted by molar-refractivity contribution is 0.0745. The Morgan fingerprint density at radius 3 is 2.30 bits per heavy atom. The maximum Gasteiger partial charge on any atom is 0.259 e. The summed E-state index contributed by atoms with van der Waals surface area (Å²) in [5, 5.41) is 2.83. The van der Waals surface area contributed by atoms with Gasteiger partial charge in [0.15, 0.2) is 0 Å². The van der Waals surface area contributed by atoms with Crippen LogP contribution >= 0.6 is 0 Å². The van der Waals surface area contributed by atoms with Crippen LogP contribution in [-0.2, 0) is 0 Å². The maximum absolute atomic E-state index is 13.1. The van der Waals surface area contributed by atoms with Crippen molar-refractivity contribution in [2.75, 3.05) is 13.1 Å². The molecule has 6 heteroatoms. The average Bonchev–Trinajstić information content (AvgIpc) is 3.36. The standard InChI is InChI=1S/C21H33N3O3/c1-7-10-23(11-15-8-9-15)20(27)17-13-24(14(2)3)12-16(18(17)25)19(26)22-21(4,5)6/h12-15H,7-11H2,1-6H3,(H,22,26). The van der Waals surface area contributed by atoms with Crippen molar-refractivity contribution in [2.45, 2.75) is 72.4 Å². The lowest BCUT2D eigenvalue weighted by atomic mass is 10.1. The number of amides is 2. The van der Waals surface area contributed by atoms with Crippen LogP contribution in [0.5, 0.6) is 0 Å². The molecule has 0 radical (unpaired) electrons. The van der Waals surface area contributed by atoms with Crippen LogP contribution in [0.25, 0.3) is 0 Å². The van der Waals surface area contributed by atoms with E-state index in [0.29, 0.717) is 19.0 Å². The Labute approximate surface area is 161 Å². The fraction of sp³-hybridized carbons (Fsp3) is 0.667. The first-order valence-corrected chi connectivity index (χ1v) is 9.91. The largest absolute Gasteiger partial charge is 0.350 e. The highest BCUT2D eigenvalue weighted by Crippen LogP contribution is 2.30. The monoisotopic (exact) mass is 375 g/mol. The number of carbonyl (C=O) groups excluding carboxylic acids is 2. The second-order valence-corrected chi connectivity index (χ2v) is 8.85. The number of rotatable bonds is 7. The molecule has 6 nitrogen and oxygen atoms in total. The van der Waals surface area contributed by atoms with E-state index in [2.05, 4.69) is 5.32 Å². The number of aromatic nitrogens is 1. The minimum Gasteiger partial charge on any atom is -0.350 e. The summed E-state index contributed by atoms with van der Waals surface area (Å²) in [7, 11) is 0. The van der Waals surface area contributed by atoms with Gasteiger partial charge < -0.3 is 14.8 Å².